The van der Waals surface area contributed by atoms with Gasteiger partial charge in [0.15, 0.2) is 0 Å². The van der Waals surface area contributed by atoms with Crippen molar-refractivity contribution in [1.29, 1.82) is 0 Å². The highest BCUT2D eigenvalue weighted by Crippen LogP contribution is 2.21. The molecule has 0 spiro atoms. The number of nitrogens with zero attached hydrogens (tertiary/aromatic N) is 1. The van der Waals surface area contributed by atoms with E-state index in [9.17, 15) is 9.59 Å². The molecule has 0 aromatic carbocycles. The van der Waals surface area contributed by atoms with Gasteiger partial charge in [-0.25, -0.2) is 4.79 Å². The zero-order valence-corrected chi connectivity index (χ0v) is 13.1. The third-order valence-electron chi connectivity index (χ3n) is 2.48. The summed E-state index contributed by atoms with van der Waals surface area (Å²) in [5, 5.41) is 13.2. The average Bonchev–Trinajstić information content (AvgIpc) is 2.73. The molecule has 0 atom stereocenters. The fraction of sp³-hybridized carbons (Fsp3) is 0.500. The summed E-state index contributed by atoms with van der Waals surface area (Å²) in [5.41, 5.74) is 1.08. The van der Waals surface area contributed by atoms with Crippen LogP contribution >= 0.6 is 27.3 Å². The minimum atomic E-state index is -0.800. The van der Waals surface area contributed by atoms with E-state index < -0.39 is 5.97 Å². The van der Waals surface area contributed by atoms with Crippen LogP contribution in [0, 0.1) is 0 Å². The lowest BCUT2D eigenvalue weighted by molar-refractivity contribution is -0.137. The normalized spacial score (nSPS) is 10.2. The molecule has 1 aromatic rings. The molecule has 5 nitrogen and oxygen atoms in total. The number of amides is 2. The Balaban J connectivity index is 2.20. The second-order valence-corrected chi connectivity index (χ2v) is 6.49. The molecule has 0 unspecified atom stereocenters. The summed E-state index contributed by atoms with van der Waals surface area (Å²) in [6.07, 6.45) is 1.40. The van der Waals surface area contributed by atoms with Crippen molar-refractivity contribution >= 4 is 39.3 Å². The van der Waals surface area contributed by atoms with Gasteiger partial charge in [-0.2, -0.15) is 0 Å². The average molecular weight is 349 g/mol. The first-order chi connectivity index (χ1) is 8.99. The molecule has 0 bridgehead atoms. The summed E-state index contributed by atoms with van der Waals surface area (Å²) in [5.74, 6) is -0.800. The highest BCUT2D eigenvalue weighted by molar-refractivity contribution is 9.11. The quantitative estimate of drug-likeness (QED) is 0.744. The largest absolute Gasteiger partial charge is 0.481 e. The van der Waals surface area contributed by atoms with Crippen molar-refractivity contribution in [2.75, 3.05) is 13.6 Å². The van der Waals surface area contributed by atoms with Gasteiger partial charge >= 0.3 is 12.0 Å². The van der Waals surface area contributed by atoms with Gasteiger partial charge in [-0.3, -0.25) is 4.79 Å². The first-order valence-electron chi connectivity index (χ1n) is 5.92. The van der Waals surface area contributed by atoms with E-state index in [1.807, 2.05) is 11.4 Å². The number of carboxylic acid groups (broad SMARTS) is 1. The highest BCUT2D eigenvalue weighted by atomic mass is 79.9. The molecule has 1 rings (SSSR count). The number of carbonyl (C=O) groups excluding carboxylic acids is 1. The Morgan fingerprint density at radius 3 is 2.79 bits per heavy atom. The molecule has 2 amide bonds. The first kappa shape index (κ1) is 16.0. The summed E-state index contributed by atoms with van der Waals surface area (Å²) in [6, 6.07) is 1.85. The van der Waals surface area contributed by atoms with E-state index in [2.05, 4.69) is 21.2 Å². The lowest BCUT2D eigenvalue weighted by Crippen LogP contribution is -2.37. The number of rotatable bonds is 7. The predicted molar refractivity (Wildman–Crippen MR) is 78.4 cm³/mol. The molecule has 1 aromatic heterocycles. The summed E-state index contributed by atoms with van der Waals surface area (Å²) in [7, 11) is 1.73. The van der Waals surface area contributed by atoms with Gasteiger partial charge in [-0.1, -0.05) is 0 Å². The van der Waals surface area contributed by atoms with E-state index >= 15 is 0 Å². The lowest BCUT2D eigenvalue weighted by Gasteiger charge is -2.17. The van der Waals surface area contributed by atoms with Gasteiger partial charge in [0.05, 0.1) is 3.79 Å². The molecule has 0 saturated carbocycles. The van der Waals surface area contributed by atoms with Crippen molar-refractivity contribution in [2.45, 2.75) is 25.8 Å². The van der Waals surface area contributed by atoms with E-state index in [-0.39, 0.29) is 12.5 Å². The minimum absolute atomic E-state index is 0.141. The molecule has 0 aliphatic carbocycles. The van der Waals surface area contributed by atoms with Crippen LogP contribution < -0.4 is 5.32 Å². The summed E-state index contributed by atoms with van der Waals surface area (Å²) >= 11 is 4.97. The zero-order valence-electron chi connectivity index (χ0n) is 10.7. The van der Waals surface area contributed by atoms with E-state index in [1.165, 1.54) is 0 Å². The maximum absolute atomic E-state index is 11.7. The third kappa shape index (κ3) is 6.58. The van der Waals surface area contributed by atoms with Crippen molar-refractivity contribution in [3.8, 4) is 0 Å². The van der Waals surface area contributed by atoms with Crippen molar-refractivity contribution in [3.05, 3.63) is 20.8 Å². The van der Waals surface area contributed by atoms with Gasteiger partial charge in [-0.15, -0.1) is 11.3 Å². The Morgan fingerprint density at radius 1 is 1.47 bits per heavy atom. The molecular weight excluding hydrogens is 332 g/mol. The molecule has 0 saturated heterocycles. The van der Waals surface area contributed by atoms with Crippen LogP contribution in [0.15, 0.2) is 15.2 Å². The van der Waals surface area contributed by atoms with Crippen LogP contribution in [0.2, 0.25) is 0 Å². The monoisotopic (exact) mass is 348 g/mol. The Bertz CT molecular complexity index is 436. The second kappa shape index (κ2) is 8.16. The van der Waals surface area contributed by atoms with Gasteiger partial charge in [0, 0.05) is 26.6 Å². The number of aliphatic carboxylic acids is 1. The number of unbranched alkanes of at least 4 members (excludes halogenated alkanes) is 1. The van der Waals surface area contributed by atoms with Crippen molar-refractivity contribution < 1.29 is 14.7 Å². The molecule has 0 aliphatic rings. The Morgan fingerprint density at radius 2 is 2.21 bits per heavy atom. The second-order valence-electron chi connectivity index (χ2n) is 4.20. The number of halogens is 1. The van der Waals surface area contributed by atoms with Crippen LogP contribution in [0.4, 0.5) is 4.79 Å². The van der Waals surface area contributed by atoms with E-state index in [0.717, 1.165) is 9.35 Å². The number of carboxylic acids is 1. The number of hydrogen-bond acceptors (Lipinski definition) is 3. The summed E-state index contributed by atoms with van der Waals surface area (Å²) in [4.78, 5) is 23.7. The predicted octanol–water partition coefficient (Wildman–Crippen LogP) is 2.91. The van der Waals surface area contributed by atoms with Crippen LogP contribution in [-0.4, -0.2) is 35.6 Å². The maximum Gasteiger partial charge on any atom is 0.317 e. The van der Waals surface area contributed by atoms with Crippen LogP contribution in [0.3, 0.4) is 0 Å². The van der Waals surface area contributed by atoms with Gasteiger partial charge in [0.1, 0.15) is 0 Å². The fourth-order valence-electron chi connectivity index (χ4n) is 1.51. The van der Waals surface area contributed by atoms with Crippen molar-refractivity contribution in [3.63, 3.8) is 0 Å². The number of carbonyl (C=O) groups is 2. The Kier molecular flexibility index (Phi) is 6.86. The smallest absolute Gasteiger partial charge is 0.317 e. The number of thiophene rings is 1. The van der Waals surface area contributed by atoms with Crippen molar-refractivity contribution in [2.24, 2.45) is 0 Å². The van der Waals surface area contributed by atoms with Gasteiger partial charge < -0.3 is 15.3 Å². The van der Waals surface area contributed by atoms with E-state index in [0.29, 0.717) is 25.9 Å². The fourth-order valence-corrected chi connectivity index (χ4v) is 2.71. The van der Waals surface area contributed by atoms with Crippen LogP contribution in [-0.2, 0) is 11.3 Å². The molecule has 0 fully saturated rings. The molecule has 0 radical (unpaired) electrons. The standard InChI is InChI=1S/C12H17BrN2O3S/c1-15(7-9-6-10(13)19-8-9)12(18)14-5-3-2-4-11(16)17/h6,8H,2-5,7H2,1H3,(H,14,18)(H,16,17). The zero-order chi connectivity index (χ0) is 14.3. The topological polar surface area (TPSA) is 69.6 Å². The van der Waals surface area contributed by atoms with Gasteiger partial charge in [-0.05, 0) is 45.8 Å². The van der Waals surface area contributed by atoms with Crippen LogP contribution in [0.5, 0.6) is 0 Å². The summed E-state index contributed by atoms with van der Waals surface area (Å²) < 4.78 is 1.05. The van der Waals surface area contributed by atoms with Crippen molar-refractivity contribution in [1.82, 2.24) is 10.2 Å². The molecular formula is C12H17BrN2O3S. The molecule has 106 valence electrons. The SMILES string of the molecule is CN(Cc1csc(Br)c1)C(=O)NCCCCC(=O)O. The number of nitrogens with one attached hydrogen (secondary N) is 1. The Hall–Kier alpha value is -1.08. The van der Waals surface area contributed by atoms with Gasteiger partial charge in [0.2, 0.25) is 0 Å². The molecule has 19 heavy (non-hydrogen) atoms. The molecule has 2 N–H and O–H groups in total. The van der Waals surface area contributed by atoms with E-state index in [1.54, 1.807) is 23.3 Å². The van der Waals surface area contributed by atoms with Gasteiger partial charge in [0.25, 0.3) is 0 Å². The molecule has 7 heteroatoms. The molecule has 0 aliphatic heterocycles. The van der Waals surface area contributed by atoms with E-state index in [4.69, 9.17) is 5.11 Å². The number of hydrogen-bond donors (Lipinski definition) is 2. The minimum Gasteiger partial charge on any atom is -0.481 e. The maximum atomic E-state index is 11.7. The Labute approximate surface area is 124 Å². The lowest BCUT2D eigenvalue weighted by atomic mass is 10.2. The molecule has 1 heterocycles. The number of urea groups is 1. The summed E-state index contributed by atoms with van der Waals surface area (Å²) in [6.45, 7) is 1.06. The first-order valence-corrected chi connectivity index (χ1v) is 7.60. The van der Waals surface area contributed by atoms with Crippen LogP contribution in [0.25, 0.3) is 0 Å². The highest BCUT2D eigenvalue weighted by Gasteiger charge is 2.09. The third-order valence-corrected chi connectivity index (χ3v) is 4.04. The van der Waals surface area contributed by atoms with Crippen LogP contribution in [0.1, 0.15) is 24.8 Å².